The van der Waals surface area contributed by atoms with Gasteiger partial charge in [-0.2, -0.15) is 5.26 Å². The van der Waals surface area contributed by atoms with Crippen LogP contribution in [0.1, 0.15) is 45.4 Å². The van der Waals surface area contributed by atoms with Gasteiger partial charge in [0.1, 0.15) is 11.6 Å². The average molecular weight is 261 g/mol. The van der Waals surface area contributed by atoms with Crippen molar-refractivity contribution in [3.63, 3.8) is 0 Å². The number of nitriles is 1. The molecule has 1 saturated carbocycles. The minimum absolute atomic E-state index is 0.201. The second-order valence-corrected chi connectivity index (χ2v) is 5.85. The third-order valence-corrected chi connectivity index (χ3v) is 4.06. The van der Waals surface area contributed by atoms with Gasteiger partial charge in [-0.1, -0.05) is 19.8 Å². The zero-order valence-corrected chi connectivity index (χ0v) is 11.7. The van der Waals surface area contributed by atoms with Crippen molar-refractivity contribution in [3.05, 3.63) is 11.8 Å². The predicted octanol–water partition coefficient (Wildman–Crippen LogP) is 2.18. The van der Waals surface area contributed by atoms with Crippen molar-refractivity contribution in [2.75, 3.05) is 13.1 Å². The summed E-state index contributed by atoms with van der Waals surface area (Å²) in [6, 6.07) is 2.31. The average Bonchev–Trinajstić information content (AvgIpc) is 2.88. The van der Waals surface area contributed by atoms with Crippen LogP contribution in [0.15, 0.2) is 11.8 Å². The van der Waals surface area contributed by atoms with E-state index >= 15 is 0 Å². The van der Waals surface area contributed by atoms with Gasteiger partial charge in [0.15, 0.2) is 0 Å². The van der Waals surface area contributed by atoms with Crippen LogP contribution in [-0.4, -0.2) is 29.9 Å². The molecule has 19 heavy (non-hydrogen) atoms. The normalized spacial score (nSPS) is 25.2. The van der Waals surface area contributed by atoms with Gasteiger partial charge in [-0.05, 0) is 31.6 Å². The lowest BCUT2D eigenvalue weighted by atomic mass is 10.0. The molecule has 1 unspecified atom stereocenters. The second-order valence-electron chi connectivity index (χ2n) is 5.85. The Labute approximate surface area is 115 Å². The summed E-state index contributed by atoms with van der Waals surface area (Å²) in [5, 5.41) is 12.1. The first kappa shape index (κ1) is 13.9. The Kier molecular flexibility index (Phi) is 4.84. The van der Waals surface area contributed by atoms with Crippen molar-refractivity contribution < 1.29 is 4.79 Å². The third kappa shape index (κ3) is 3.99. The smallest absolute Gasteiger partial charge is 0.263 e. The Bertz CT molecular complexity index is 391. The van der Waals surface area contributed by atoms with Gasteiger partial charge in [-0.15, -0.1) is 0 Å². The number of nitrogens with zero attached hydrogens (tertiary/aromatic N) is 2. The quantitative estimate of drug-likeness (QED) is 0.626. The lowest BCUT2D eigenvalue weighted by Crippen LogP contribution is -2.35. The number of carbonyl (C=O) groups excluding carboxylic acids is 1. The van der Waals surface area contributed by atoms with Gasteiger partial charge in [-0.3, -0.25) is 4.79 Å². The maximum absolute atomic E-state index is 12.1. The lowest BCUT2D eigenvalue weighted by Gasteiger charge is -2.30. The minimum Gasteiger partial charge on any atom is -0.376 e. The maximum atomic E-state index is 12.1. The molecule has 0 aromatic heterocycles. The fourth-order valence-electron chi connectivity index (χ4n) is 3.00. The van der Waals surface area contributed by atoms with E-state index in [1.54, 1.807) is 6.20 Å². The van der Waals surface area contributed by atoms with Gasteiger partial charge >= 0.3 is 0 Å². The molecule has 1 N–H and O–H groups in total. The van der Waals surface area contributed by atoms with Crippen LogP contribution in [0.5, 0.6) is 0 Å². The van der Waals surface area contributed by atoms with Crippen LogP contribution >= 0.6 is 0 Å². The van der Waals surface area contributed by atoms with Crippen molar-refractivity contribution in [2.24, 2.45) is 5.92 Å². The Morgan fingerprint density at radius 3 is 2.68 bits per heavy atom. The van der Waals surface area contributed by atoms with Gasteiger partial charge in [0.2, 0.25) is 0 Å². The van der Waals surface area contributed by atoms with E-state index < -0.39 is 0 Å². The number of amides is 1. The SMILES string of the molecule is CC1CCCN(/C=C(/C#N)C(=O)NC2CCCC2)C1. The van der Waals surface area contributed by atoms with E-state index in [9.17, 15) is 4.79 Å². The van der Waals surface area contributed by atoms with E-state index in [2.05, 4.69) is 17.1 Å². The van der Waals surface area contributed by atoms with Crippen LogP contribution in [0.25, 0.3) is 0 Å². The predicted molar refractivity (Wildman–Crippen MR) is 74.1 cm³/mol. The summed E-state index contributed by atoms with van der Waals surface area (Å²) < 4.78 is 0. The topological polar surface area (TPSA) is 56.1 Å². The summed E-state index contributed by atoms with van der Waals surface area (Å²) in [7, 11) is 0. The zero-order valence-electron chi connectivity index (χ0n) is 11.7. The highest BCUT2D eigenvalue weighted by Gasteiger charge is 2.21. The molecule has 0 radical (unpaired) electrons. The molecular weight excluding hydrogens is 238 g/mol. The third-order valence-electron chi connectivity index (χ3n) is 4.06. The van der Waals surface area contributed by atoms with Gasteiger partial charge < -0.3 is 10.2 Å². The largest absolute Gasteiger partial charge is 0.376 e. The van der Waals surface area contributed by atoms with Crippen molar-refractivity contribution >= 4 is 5.91 Å². The number of nitrogens with one attached hydrogen (secondary N) is 1. The Balaban J connectivity index is 1.94. The molecule has 1 heterocycles. The molecule has 2 aliphatic rings. The molecule has 0 spiro atoms. The first-order valence-corrected chi connectivity index (χ1v) is 7.36. The number of likely N-dealkylation sites (tertiary alicyclic amines) is 1. The number of hydrogen-bond donors (Lipinski definition) is 1. The standard InChI is InChI=1S/C15H23N3O/c1-12-5-4-8-18(10-12)11-13(9-16)15(19)17-14-6-2-3-7-14/h11-12,14H,2-8,10H2,1H3,(H,17,19)/b13-11-. The molecule has 1 amide bonds. The molecule has 1 saturated heterocycles. The first-order valence-electron chi connectivity index (χ1n) is 7.36. The molecule has 104 valence electrons. The molecule has 0 aromatic rings. The summed E-state index contributed by atoms with van der Waals surface area (Å²) >= 11 is 0. The van der Waals surface area contributed by atoms with Crippen LogP contribution in [-0.2, 0) is 4.79 Å². The summed E-state index contributed by atoms with van der Waals surface area (Å²) in [6.07, 6.45) is 8.58. The van der Waals surface area contributed by atoms with Crippen molar-refractivity contribution in [3.8, 4) is 6.07 Å². The molecule has 4 heteroatoms. The lowest BCUT2D eigenvalue weighted by molar-refractivity contribution is -0.117. The molecule has 1 aliphatic carbocycles. The number of carbonyl (C=O) groups is 1. The highest BCUT2D eigenvalue weighted by atomic mass is 16.1. The van der Waals surface area contributed by atoms with E-state index in [1.165, 1.54) is 19.3 Å². The maximum Gasteiger partial charge on any atom is 0.263 e. The fraction of sp³-hybridized carbons (Fsp3) is 0.733. The highest BCUT2D eigenvalue weighted by Crippen LogP contribution is 2.19. The zero-order chi connectivity index (χ0) is 13.7. The van der Waals surface area contributed by atoms with Crippen LogP contribution < -0.4 is 5.32 Å². The van der Waals surface area contributed by atoms with E-state index in [1.807, 2.05) is 6.07 Å². The summed E-state index contributed by atoms with van der Waals surface area (Å²) in [4.78, 5) is 14.2. The van der Waals surface area contributed by atoms with Crippen molar-refractivity contribution in [2.45, 2.75) is 51.5 Å². The number of hydrogen-bond acceptors (Lipinski definition) is 3. The van der Waals surface area contributed by atoms with Crippen molar-refractivity contribution in [1.29, 1.82) is 5.26 Å². The van der Waals surface area contributed by atoms with Gasteiger partial charge in [-0.25, -0.2) is 0 Å². The Morgan fingerprint density at radius 2 is 2.05 bits per heavy atom. The van der Waals surface area contributed by atoms with E-state index in [0.717, 1.165) is 32.4 Å². The highest BCUT2D eigenvalue weighted by molar-refractivity contribution is 5.97. The van der Waals surface area contributed by atoms with E-state index in [4.69, 9.17) is 5.26 Å². The van der Waals surface area contributed by atoms with E-state index in [-0.39, 0.29) is 17.5 Å². The first-order chi connectivity index (χ1) is 9.19. The van der Waals surface area contributed by atoms with Gasteiger partial charge in [0.25, 0.3) is 5.91 Å². The fourth-order valence-corrected chi connectivity index (χ4v) is 3.00. The number of rotatable bonds is 3. The molecule has 4 nitrogen and oxygen atoms in total. The molecule has 2 fully saturated rings. The van der Waals surface area contributed by atoms with E-state index in [0.29, 0.717) is 5.92 Å². The molecule has 0 bridgehead atoms. The monoisotopic (exact) mass is 261 g/mol. The molecule has 0 aromatic carbocycles. The summed E-state index contributed by atoms with van der Waals surface area (Å²) in [5.74, 6) is 0.440. The molecule has 1 atom stereocenters. The molecular formula is C15H23N3O. The molecule has 1 aliphatic heterocycles. The molecule has 2 rings (SSSR count). The second kappa shape index (κ2) is 6.60. The van der Waals surface area contributed by atoms with Crippen LogP contribution in [0.4, 0.5) is 0 Å². The summed E-state index contributed by atoms with van der Waals surface area (Å²) in [5.41, 5.74) is 0.251. The van der Waals surface area contributed by atoms with Crippen LogP contribution in [0.3, 0.4) is 0 Å². The van der Waals surface area contributed by atoms with Crippen LogP contribution in [0.2, 0.25) is 0 Å². The minimum atomic E-state index is -0.201. The van der Waals surface area contributed by atoms with Gasteiger partial charge in [0.05, 0.1) is 0 Å². The van der Waals surface area contributed by atoms with Crippen LogP contribution in [0, 0.1) is 17.2 Å². The number of piperidine rings is 1. The Morgan fingerprint density at radius 1 is 1.32 bits per heavy atom. The van der Waals surface area contributed by atoms with Crippen molar-refractivity contribution in [1.82, 2.24) is 10.2 Å². The Hall–Kier alpha value is -1.50. The van der Waals surface area contributed by atoms with Gasteiger partial charge in [0, 0.05) is 25.3 Å². The summed E-state index contributed by atoms with van der Waals surface area (Å²) in [6.45, 7) is 4.11.